The molecule has 0 saturated heterocycles. The predicted molar refractivity (Wildman–Crippen MR) is 72.7 cm³/mol. The maximum absolute atomic E-state index is 8.98. The van der Waals surface area contributed by atoms with Crippen LogP contribution in [-0.2, 0) is 15.9 Å². The molecule has 0 spiro atoms. The number of rotatable bonds is 9. The summed E-state index contributed by atoms with van der Waals surface area (Å²) in [4.78, 5) is 0. The Morgan fingerprint density at radius 2 is 1.61 bits per heavy atom. The number of hydrogen-bond acceptors (Lipinski definition) is 3. The minimum absolute atomic E-state index is 0.0178. The summed E-state index contributed by atoms with van der Waals surface area (Å²) < 4.78 is 10.8. The summed E-state index contributed by atoms with van der Waals surface area (Å²) in [7, 11) is 3.38. The first-order chi connectivity index (χ1) is 8.81. The molecule has 0 aromatic heterocycles. The van der Waals surface area contributed by atoms with E-state index in [1.165, 1.54) is 5.56 Å². The Morgan fingerprint density at radius 1 is 1.00 bits per heavy atom. The zero-order chi connectivity index (χ0) is 13.2. The molecule has 3 heteroatoms. The van der Waals surface area contributed by atoms with Crippen LogP contribution in [0.15, 0.2) is 30.3 Å². The van der Waals surface area contributed by atoms with Crippen molar-refractivity contribution in [3.05, 3.63) is 35.9 Å². The van der Waals surface area contributed by atoms with Gasteiger partial charge in [-0.3, -0.25) is 0 Å². The third kappa shape index (κ3) is 5.17. The highest BCUT2D eigenvalue weighted by Gasteiger charge is 2.19. The van der Waals surface area contributed by atoms with Crippen LogP contribution < -0.4 is 0 Å². The van der Waals surface area contributed by atoms with E-state index in [4.69, 9.17) is 14.6 Å². The first-order valence-corrected chi connectivity index (χ1v) is 6.52. The van der Waals surface area contributed by atoms with Gasteiger partial charge in [0, 0.05) is 20.8 Å². The van der Waals surface area contributed by atoms with E-state index in [1.807, 2.05) is 6.07 Å². The molecule has 0 amide bonds. The van der Waals surface area contributed by atoms with E-state index in [0.29, 0.717) is 6.42 Å². The highest BCUT2D eigenvalue weighted by Crippen LogP contribution is 2.14. The van der Waals surface area contributed by atoms with Crippen LogP contribution in [0.4, 0.5) is 0 Å². The Morgan fingerprint density at radius 3 is 2.17 bits per heavy atom. The molecule has 2 unspecified atom stereocenters. The monoisotopic (exact) mass is 252 g/mol. The molecule has 0 aliphatic rings. The fourth-order valence-electron chi connectivity index (χ4n) is 2.19. The van der Waals surface area contributed by atoms with Crippen molar-refractivity contribution in [1.82, 2.24) is 0 Å². The molecule has 102 valence electrons. The van der Waals surface area contributed by atoms with Gasteiger partial charge in [0.15, 0.2) is 0 Å². The quantitative estimate of drug-likeness (QED) is 0.733. The van der Waals surface area contributed by atoms with Crippen molar-refractivity contribution < 1.29 is 14.6 Å². The molecule has 1 aromatic carbocycles. The highest BCUT2D eigenvalue weighted by molar-refractivity contribution is 5.14. The van der Waals surface area contributed by atoms with E-state index in [-0.39, 0.29) is 18.8 Å². The molecule has 1 aromatic rings. The van der Waals surface area contributed by atoms with Crippen molar-refractivity contribution in [1.29, 1.82) is 0 Å². The SMILES string of the molecule is COC(CCO)C(CCCc1ccccc1)OC. The molecule has 2 atom stereocenters. The highest BCUT2D eigenvalue weighted by atomic mass is 16.5. The molecule has 0 aliphatic heterocycles. The van der Waals surface area contributed by atoms with Gasteiger partial charge in [-0.1, -0.05) is 30.3 Å². The summed E-state index contributed by atoms with van der Waals surface area (Å²) >= 11 is 0. The van der Waals surface area contributed by atoms with Crippen LogP contribution in [0.25, 0.3) is 0 Å². The summed E-state index contributed by atoms with van der Waals surface area (Å²) in [5.74, 6) is 0. The molecular formula is C15H24O3. The lowest BCUT2D eigenvalue weighted by atomic mass is 10.0. The molecule has 18 heavy (non-hydrogen) atoms. The lowest BCUT2D eigenvalue weighted by Crippen LogP contribution is -2.31. The van der Waals surface area contributed by atoms with Gasteiger partial charge in [-0.15, -0.1) is 0 Å². The predicted octanol–water partition coefficient (Wildman–Crippen LogP) is 2.42. The smallest absolute Gasteiger partial charge is 0.0854 e. The van der Waals surface area contributed by atoms with Crippen molar-refractivity contribution in [3.8, 4) is 0 Å². The van der Waals surface area contributed by atoms with Gasteiger partial charge in [-0.25, -0.2) is 0 Å². The van der Waals surface area contributed by atoms with Crippen LogP contribution in [0.3, 0.4) is 0 Å². The van der Waals surface area contributed by atoms with E-state index in [9.17, 15) is 0 Å². The maximum Gasteiger partial charge on any atom is 0.0854 e. The third-order valence-electron chi connectivity index (χ3n) is 3.23. The Balaban J connectivity index is 2.35. The van der Waals surface area contributed by atoms with E-state index >= 15 is 0 Å². The molecule has 1 rings (SSSR count). The van der Waals surface area contributed by atoms with Crippen LogP contribution in [0.2, 0.25) is 0 Å². The van der Waals surface area contributed by atoms with Crippen molar-refractivity contribution in [2.45, 2.75) is 37.9 Å². The average molecular weight is 252 g/mol. The summed E-state index contributed by atoms with van der Waals surface area (Å²) in [5.41, 5.74) is 1.35. The van der Waals surface area contributed by atoms with E-state index in [2.05, 4.69) is 24.3 Å². The standard InChI is InChI=1S/C15H24O3/c1-17-14(15(18-2)11-12-16)10-6-9-13-7-4-3-5-8-13/h3-5,7-8,14-16H,6,9-12H2,1-2H3. The summed E-state index contributed by atoms with van der Waals surface area (Å²) in [6.07, 6.45) is 3.73. The number of methoxy groups -OCH3 is 2. The average Bonchev–Trinajstić information content (AvgIpc) is 2.43. The summed E-state index contributed by atoms with van der Waals surface area (Å²) in [5, 5.41) is 8.98. The molecular weight excluding hydrogens is 228 g/mol. The second kappa shape index (κ2) is 9.09. The van der Waals surface area contributed by atoms with Gasteiger partial charge < -0.3 is 14.6 Å². The molecule has 0 aliphatic carbocycles. The second-order valence-corrected chi connectivity index (χ2v) is 4.44. The van der Waals surface area contributed by atoms with Crippen LogP contribution in [0.5, 0.6) is 0 Å². The van der Waals surface area contributed by atoms with Crippen LogP contribution in [-0.4, -0.2) is 38.1 Å². The zero-order valence-corrected chi connectivity index (χ0v) is 11.3. The largest absolute Gasteiger partial charge is 0.396 e. The van der Waals surface area contributed by atoms with Gasteiger partial charge in [-0.2, -0.15) is 0 Å². The minimum Gasteiger partial charge on any atom is -0.396 e. The molecule has 3 nitrogen and oxygen atoms in total. The van der Waals surface area contributed by atoms with Crippen molar-refractivity contribution in [2.75, 3.05) is 20.8 Å². The second-order valence-electron chi connectivity index (χ2n) is 4.44. The van der Waals surface area contributed by atoms with Gasteiger partial charge in [0.25, 0.3) is 0 Å². The Hall–Kier alpha value is -0.900. The van der Waals surface area contributed by atoms with Crippen LogP contribution in [0, 0.1) is 0 Å². The van der Waals surface area contributed by atoms with Crippen molar-refractivity contribution in [2.24, 2.45) is 0 Å². The van der Waals surface area contributed by atoms with Gasteiger partial charge in [0.2, 0.25) is 0 Å². The minimum atomic E-state index is -0.0178. The fourth-order valence-corrected chi connectivity index (χ4v) is 2.19. The van der Waals surface area contributed by atoms with Crippen LogP contribution in [0.1, 0.15) is 24.8 Å². The number of aliphatic hydroxyl groups is 1. The number of ether oxygens (including phenoxy) is 2. The number of aryl methyl sites for hydroxylation is 1. The van der Waals surface area contributed by atoms with Gasteiger partial charge in [-0.05, 0) is 31.2 Å². The fraction of sp³-hybridized carbons (Fsp3) is 0.600. The third-order valence-corrected chi connectivity index (χ3v) is 3.23. The van der Waals surface area contributed by atoms with Gasteiger partial charge in [0.1, 0.15) is 0 Å². The lowest BCUT2D eigenvalue weighted by Gasteiger charge is -2.24. The molecule has 0 heterocycles. The van der Waals surface area contributed by atoms with E-state index in [1.54, 1.807) is 14.2 Å². The van der Waals surface area contributed by atoms with Gasteiger partial charge >= 0.3 is 0 Å². The van der Waals surface area contributed by atoms with Gasteiger partial charge in [0.05, 0.1) is 12.2 Å². The molecule has 0 radical (unpaired) electrons. The number of aliphatic hydroxyl groups excluding tert-OH is 1. The summed E-state index contributed by atoms with van der Waals surface area (Å²) in [6.45, 7) is 0.136. The van der Waals surface area contributed by atoms with E-state index < -0.39 is 0 Å². The van der Waals surface area contributed by atoms with Crippen molar-refractivity contribution >= 4 is 0 Å². The summed E-state index contributed by atoms with van der Waals surface area (Å²) in [6, 6.07) is 10.4. The molecule has 0 fully saturated rings. The normalized spacial score (nSPS) is 14.4. The van der Waals surface area contributed by atoms with Crippen LogP contribution >= 0.6 is 0 Å². The van der Waals surface area contributed by atoms with E-state index in [0.717, 1.165) is 19.3 Å². The Kier molecular flexibility index (Phi) is 7.65. The first kappa shape index (κ1) is 15.2. The first-order valence-electron chi connectivity index (χ1n) is 6.52. The maximum atomic E-state index is 8.98. The number of benzene rings is 1. The lowest BCUT2D eigenvalue weighted by molar-refractivity contribution is -0.0495. The Labute approximate surface area is 110 Å². The zero-order valence-electron chi connectivity index (χ0n) is 11.3. The van der Waals surface area contributed by atoms with Crippen molar-refractivity contribution in [3.63, 3.8) is 0 Å². The molecule has 0 saturated carbocycles. The Bertz CT molecular complexity index is 300. The number of hydrogen-bond donors (Lipinski definition) is 1. The molecule has 1 N–H and O–H groups in total. The molecule has 0 bridgehead atoms. The topological polar surface area (TPSA) is 38.7 Å².